The molecule has 7 atom stereocenters. The summed E-state index contributed by atoms with van der Waals surface area (Å²) in [6.45, 7) is 6.19. The van der Waals surface area contributed by atoms with Crippen LogP contribution in [0.3, 0.4) is 0 Å². The van der Waals surface area contributed by atoms with Gasteiger partial charge in [0.1, 0.15) is 0 Å². The molecule has 0 spiro atoms. The zero-order chi connectivity index (χ0) is 26.3. The van der Waals surface area contributed by atoms with Gasteiger partial charge in [0.2, 0.25) is 11.8 Å². The molecule has 2 bridgehead atoms. The van der Waals surface area contributed by atoms with Crippen molar-refractivity contribution < 1.29 is 9.59 Å². The highest BCUT2D eigenvalue weighted by atomic mass is 35.5. The molecule has 1 N–H and O–H groups in total. The Hall–Kier alpha value is -2.55. The van der Waals surface area contributed by atoms with Gasteiger partial charge in [-0.25, -0.2) is 0 Å². The summed E-state index contributed by atoms with van der Waals surface area (Å²) in [6.07, 6.45) is 0.886. The lowest BCUT2D eigenvalue weighted by atomic mass is 9.68. The monoisotopic (exact) mass is 565 g/mol. The first-order valence-corrected chi connectivity index (χ1v) is 15.4. The number of hydrogen-bond donors (Lipinski definition) is 1. The summed E-state index contributed by atoms with van der Waals surface area (Å²) < 4.78 is 0. The van der Waals surface area contributed by atoms with Crippen LogP contribution in [0, 0.1) is 29.6 Å². The Kier molecular flexibility index (Phi) is 5.80. The van der Waals surface area contributed by atoms with Crippen LogP contribution in [-0.4, -0.2) is 35.1 Å². The number of carbonyl (C=O) groups excluding carboxylic acids is 2. The zero-order valence-electron chi connectivity index (χ0n) is 21.1. The van der Waals surface area contributed by atoms with E-state index in [1.807, 2.05) is 0 Å². The van der Waals surface area contributed by atoms with Crippen molar-refractivity contribution in [1.29, 1.82) is 0 Å². The molecule has 196 valence electrons. The van der Waals surface area contributed by atoms with Gasteiger partial charge in [-0.2, -0.15) is 0 Å². The topological polar surface area (TPSA) is 73.5 Å². The minimum atomic E-state index is -0.306. The van der Waals surface area contributed by atoms with Crippen molar-refractivity contribution in [2.75, 3.05) is 22.9 Å². The molecule has 3 aromatic rings. The number of carbonyl (C=O) groups is 2. The number of nitrogens with one attached hydrogen (secondary N) is 1. The average molecular weight is 566 g/mol. The van der Waals surface area contributed by atoms with Crippen molar-refractivity contribution in [3.63, 3.8) is 0 Å². The number of aromatic amines is 1. The molecule has 2 amide bonds. The van der Waals surface area contributed by atoms with E-state index in [1.165, 1.54) is 27.5 Å². The Labute approximate surface area is 234 Å². The van der Waals surface area contributed by atoms with Crippen LogP contribution < -0.4 is 14.7 Å². The molecule has 6 nitrogen and oxygen atoms in total. The number of nitrogens with zero attached hydrogens (tertiary/aromatic N) is 2. The molecule has 2 aliphatic heterocycles. The molecule has 38 heavy (non-hydrogen) atoms. The van der Waals surface area contributed by atoms with Gasteiger partial charge in [0.15, 0.2) is 0 Å². The molecular weight excluding hydrogens is 538 g/mol. The number of benzene rings is 2. The molecule has 3 heterocycles. The Bertz CT molecular complexity index is 1480. The maximum atomic E-state index is 13.8. The fourth-order valence-electron chi connectivity index (χ4n) is 7.72. The molecular formula is C29H28ClN3O3S2. The summed E-state index contributed by atoms with van der Waals surface area (Å²) in [5.74, 6) is -0.313. The van der Waals surface area contributed by atoms with Crippen molar-refractivity contribution in [2.24, 2.45) is 29.6 Å². The van der Waals surface area contributed by atoms with E-state index >= 15 is 0 Å². The van der Waals surface area contributed by atoms with Crippen LogP contribution in [0.2, 0.25) is 5.02 Å². The second-order valence-corrected chi connectivity index (χ2v) is 13.4. The fourth-order valence-corrected chi connectivity index (χ4v) is 10.7. The molecule has 9 heteroatoms. The van der Waals surface area contributed by atoms with E-state index in [2.05, 4.69) is 48.0 Å². The van der Waals surface area contributed by atoms with Crippen LogP contribution in [0.5, 0.6) is 0 Å². The number of thiazole rings is 1. The lowest BCUT2D eigenvalue weighted by molar-refractivity contribution is -0.123. The molecule has 1 saturated heterocycles. The molecule has 5 unspecified atom stereocenters. The lowest BCUT2D eigenvalue weighted by Gasteiger charge is -2.43. The van der Waals surface area contributed by atoms with E-state index in [4.69, 9.17) is 11.6 Å². The molecule has 2 saturated carbocycles. The molecule has 1 aromatic heterocycles. The summed E-state index contributed by atoms with van der Waals surface area (Å²) in [4.78, 5) is 47.9. The lowest BCUT2D eigenvalue weighted by Crippen LogP contribution is -2.42. The third-order valence-electron chi connectivity index (χ3n) is 9.19. The van der Waals surface area contributed by atoms with Crippen LogP contribution in [0.25, 0.3) is 0 Å². The number of fused-ring (bicyclic) bond motifs is 9. The number of imide groups is 1. The summed E-state index contributed by atoms with van der Waals surface area (Å²) in [7, 11) is 0. The van der Waals surface area contributed by atoms with Gasteiger partial charge in [-0.3, -0.25) is 19.3 Å². The Morgan fingerprint density at radius 2 is 1.61 bits per heavy atom. The third kappa shape index (κ3) is 3.42. The van der Waals surface area contributed by atoms with Gasteiger partial charge in [-0.15, -0.1) is 11.8 Å². The van der Waals surface area contributed by atoms with E-state index in [1.54, 1.807) is 36.0 Å². The van der Waals surface area contributed by atoms with Gasteiger partial charge in [0, 0.05) is 39.8 Å². The first-order valence-electron chi connectivity index (χ1n) is 13.3. The van der Waals surface area contributed by atoms with Crippen molar-refractivity contribution in [3.8, 4) is 0 Å². The number of amides is 2. The number of rotatable bonds is 5. The number of hydrogen-bond acceptors (Lipinski definition) is 6. The second-order valence-electron chi connectivity index (χ2n) is 10.7. The van der Waals surface area contributed by atoms with Gasteiger partial charge in [-0.1, -0.05) is 35.1 Å². The van der Waals surface area contributed by atoms with Gasteiger partial charge in [0.25, 0.3) is 0 Å². The van der Waals surface area contributed by atoms with Crippen LogP contribution in [0.1, 0.15) is 36.6 Å². The molecule has 4 aliphatic rings. The molecule has 2 aliphatic carbocycles. The van der Waals surface area contributed by atoms with Crippen molar-refractivity contribution in [2.45, 2.75) is 36.5 Å². The summed E-state index contributed by atoms with van der Waals surface area (Å²) in [6, 6.07) is 15.7. The van der Waals surface area contributed by atoms with E-state index in [-0.39, 0.29) is 57.4 Å². The number of thioether (sulfide) groups is 1. The normalized spacial score (nSPS) is 30.9. The van der Waals surface area contributed by atoms with Crippen LogP contribution in [0.15, 0.2) is 58.4 Å². The molecule has 3 fully saturated rings. The quantitative estimate of drug-likeness (QED) is 0.407. The number of anilines is 2. The first-order chi connectivity index (χ1) is 18.4. The minimum absolute atomic E-state index is 0.0365. The Morgan fingerprint density at radius 1 is 0.947 bits per heavy atom. The van der Waals surface area contributed by atoms with Gasteiger partial charge in [-0.05, 0) is 80.0 Å². The first kappa shape index (κ1) is 24.5. The van der Waals surface area contributed by atoms with Crippen LogP contribution in [0.4, 0.5) is 11.4 Å². The zero-order valence-corrected chi connectivity index (χ0v) is 23.5. The molecule has 0 radical (unpaired) electrons. The second kappa shape index (κ2) is 9.00. The predicted molar refractivity (Wildman–Crippen MR) is 152 cm³/mol. The Morgan fingerprint density at radius 3 is 2.26 bits per heavy atom. The van der Waals surface area contributed by atoms with E-state index in [0.29, 0.717) is 10.7 Å². The highest BCUT2D eigenvalue weighted by molar-refractivity contribution is 8.00. The van der Waals surface area contributed by atoms with Crippen LogP contribution >= 0.6 is 34.7 Å². The van der Waals surface area contributed by atoms with E-state index < -0.39 is 0 Å². The Balaban J connectivity index is 1.28. The van der Waals surface area contributed by atoms with Crippen LogP contribution in [-0.2, 0) is 9.59 Å². The smallest absolute Gasteiger partial charge is 0.305 e. The summed E-state index contributed by atoms with van der Waals surface area (Å²) >= 11 is 9.09. The largest absolute Gasteiger partial charge is 0.372 e. The van der Waals surface area contributed by atoms with Gasteiger partial charge < -0.3 is 9.88 Å². The van der Waals surface area contributed by atoms with Crippen molar-refractivity contribution >= 4 is 57.9 Å². The van der Waals surface area contributed by atoms with E-state index in [9.17, 15) is 14.4 Å². The van der Waals surface area contributed by atoms with Crippen molar-refractivity contribution in [3.05, 3.63) is 73.7 Å². The molecule has 7 rings (SSSR count). The fraction of sp³-hybridized carbons (Fsp3) is 0.414. The molecule has 2 aromatic carbocycles. The minimum Gasteiger partial charge on any atom is -0.372 e. The third-order valence-corrected chi connectivity index (χ3v) is 12.0. The van der Waals surface area contributed by atoms with Gasteiger partial charge in [0.05, 0.1) is 22.5 Å². The number of H-pyrrole nitrogens is 1. The van der Waals surface area contributed by atoms with Crippen molar-refractivity contribution in [1.82, 2.24) is 4.98 Å². The highest BCUT2D eigenvalue weighted by Gasteiger charge is 2.69. The maximum absolute atomic E-state index is 13.8. The maximum Gasteiger partial charge on any atom is 0.305 e. The summed E-state index contributed by atoms with van der Waals surface area (Å²) in [5, 5.41) is 1.70. The summed E-state index contributed by atoms with van der Waals surface area (Å²) in [5.41, 5.74) is 2.97. The van der Waals surface area contributed by atoms with Gasteiger partial charge >= 0.3 is 4.87 Å². The standard InChI is InChI=1S/C29H28ClN3O3S2/c1-3-32(4-2)16-9-5-14(6-10-16)20-21-18-13-19(24(21)37-26-25(20)38-29(36)31-26)23-22(18)27(34)33(28(23)35)17-11-7-15(30)8-12-17/h5-12,18-24H,3-4,13H2,1-2H3,(H,31,36)/t18-,19-,20?,21?,22?,23?,24?/m1/s1. The average Bonchev–Trinajstić information content (AvgIpc) is 3.65. The number of aromatic nitrogens is 1. The van der Waals surface area contributed by atoms with E-state index in [0.717, 1.165) is 29.4 Å². The number of halogens is 1. The predicted octanol–water partition coefficient (Wildman–Crippen LogP) is 5.61. The SMILES string of the molecule is CCN(CC)c1ccc(C2c3sc(=O)[nH]c3SC3C2[C@H]2C[C@@H]3C3C(=O)N(c4ccc(Cl)cc4)C(=O)C32)cc1. The highest BCUT2D eigenvalue weighted by Crippen LogP contribution is 2.68.